The zero-order valence-electron chi connectivity index (χ0n) is 15.4. The molecule has 0 radical (unpaired) electrons. The van der Waals surface area contributed by atoms with Crippen molar-refractivity contribution in [2.45, 2.75) is 38.8 Å². The van der Waals surface area contributed by atoms with Gasteiger partial charge in [-0.2, -0.15) is 13.2 Å². The smallest absolute Gasteiger partial charge is 0.303 e. The number of hydrogen-bond donors (Lipinski definition) is 2. The SMILES string of the molecule is CC1/C=C(CCCN2CCCC2)\C=C/CN=C/C(C(=O)NO)=C\1C(F)(F)F. The lowest BCUT2D eigenvalue weighted by atomic mass is 9.91. The van der Waals surface area contributed by atoms with E-state index < -0.39 is 29.1 Å². The molecule has 1 atom stereocenters. The molecule has 0 aromatic carbocycles. The van der Waals surface area contributed by atoms with E-state index in [9.17, 15) is 18.0 Å². The van der Waals surface area contributed by atoms with Gasteiger partial charge in [-0.15, -0.1) is 0 Å². The van der Waals surface area contributed by atoms with E-state index in [4.69, 9.17) is 5.21 Å². The second-order valence-corrected chi connectivity index (χ2v) is 6.85. The molecule has 2 N–H and O–H groups in total. The van der Waals surface area contributed by atoms with Gasteiger partial charge in [-0.3, -0.25) is 15.0 Å². The molecule has 1 fully saturated rings. The van der Waals surface area contributed by atoms with Crippen molar-refractivity contribution in [3.63, 3.8) is 0 Å². The van der Waals surface area contributed by atoms with Crippen LogP contribution >= 0.6 is 0 Å². The van der Waals surface area contributed by atoms with Gasteiger partial charge >= 0.3 is 6.18 Å². The van der Waals surface area contributed by atoms with E-state index in [1.807, 2.05) is 6.08 Å². The summed E-state index contributed by atoms with van der Waals surface area (Å²) >= 11 is 0. The fraction of sp³-hybridized carbons (Fsp3) is 0.579. The molecule has 1 amide bonds. The Kier molecular flexibility index (Phi) is 7.79. The molecule has 2 aliphatic heterocycles. The average molecular weight is 385 g/mol. The second-order valence-electron chi connectivity index (χ2n) is 6.85. The number of nitrogens with one attached hydrogen (secondary N) is 1. The summed E-state index contributed by atoms with van der Waals surface area (Å²) in [7, 11) is 0. The Hall–Kier alpha value is -1.93. The molecule has 1 saturated heterocycles. The van der Waals surface area contributed by atoms with Gasteiger partial charge in [0, 0.05) is 12.1 Å². The average Bonchev–Trinajstić information content (AvgIpc) is 3.11. The molecule has 150 valence electrons. The van der Waals surface area contributed by atoms with Gasteiger partial charge < -0.3 is 4.90 Å². The zero-order chi connectivity index (χ0) is 19.9. The summed E-state index contributed by atoms with van der Waals surface area (Å²) in [6, 6.07) is 0. The Labute approximate surface area is 157 Å². The molecule has 2 aliphatic rings. The van der Waals surface area contributed by atoms with Gasteiger partial charge in [-0.25, -0.2) is 5.48 Å². The van der Waals surface area contributed by atoms with Gasteiger partial charge in [-0.05, 0) is 45.3 Å². The number of hydrogen-bond acceptors (Lipinski definition) is 4. The van der Waals surface area contributed by atoms with E-state index in [0.717, 1.165) is 37.8 Å². The fourth-order valence-corrected chi connectivity index (χ4v) is 3.52. The molecule has 5 nitrogen and oxygen atoms in total. The number of carbonyl (C=O) groups is 1. The predicted molar refractivity (Wildman–Crippen MR) is 97.7 cm³/mol. The monoisotopic (exact) mass is 385 g/mol. The largest absolute Gasteiger partial charge is 0.414 e. The first-order valence-corrected chi connectivity index (χ1v) is 9.18. The highest BCUT2D eigenvalue weighted by molar-refractivity contribution is 6.12. The Morgan fingerprint density at radius 3 is 2.70 bits per heavy atom. The standard InChI is InChI=1S/C19H26F3N3O2/c1-14-12-15(7-5-11-25-9-2-3-10-25)6-4-8-23-13-16(18(26)24-27)17(14)19(20,21)22/h4,6,12-14,27H,2-3,5,7-11H2,1H3,(H,24,26)/b6-4-,15-12+,17-16-,23-13?. The third kappa shape index (κ3) is 6.32. The molecule has 0 aliphatic carbocycles. The Morgan fingerprint density at radius 1 is 1.37 bits per heavy atom. The number of rotatable bonds is 5. The summed E-state index contributed by atoms with van der Waals surface area (Å²) in [5.74, 6) is -2.26. The minimum Gasteiger partial charge on any atom is -0.303 e. The summed E-state index contributed by atoms with van der Waals surface area (Å²) in [5.41, 5.74) is 0.406. The Bertz CT molecular complexity index is 645. The molecule has 2 rings (SSSR count). The molecule has 0 spiro atoms. The molecule has 1 unspecified atom stereocenters. The molecule has 0 saturated carbocycles. The molecule has 0 aromatic rings. The van der Waals surface area contributed by atoms with Gasteiger partial charge in [-0.1, -0.05) is 30.7 Å². The van der Waals surface area contributed by atoms with Crippen molar-refractivity contribution in [2.24, 2.45) is 10.9 Å². The van der Waals surface area contributed by atoms with Crippen LogP contribution in [0.4, 0.5) is 13.2 Å². The first kappa shape index (κ1) is 21.4. The van der Waals surface area contributed by atoms with Gasteiger partial charge in [0.2, 0.25) is 0 Å². The number of allylic oxidation sites excluding steroid dienone is 4. The maximum Gasteiger partial charge on any atom is 0.414 e. The lowest BCUT2D eigenvalue weighted by Crippen LogP contribution is -2.29. The van der Waals surface area contributed by atoms with Crippen LogP contribution < -0.4 is 5.48 Å². The topological polar surface area (TPSA) is 64.9 Å². The highest BCUT2D eigenvalue weighted by atomic mass is 19.4. The summed E-state index contributed by atoms with van der Waals surface area (Å²) in [6.45, 7) is 4.65. The Balaban J connectivity index is 2.25. The van der Waals surface area contributed by atoms with E-state index in [0.29, 0.717) is 6.42 Å². The Morgan fingerprint density at radius 2 is 2.07 bits per heavy atom. The number of hydroxylamine groups is 1. The van der Waals surface area contributed by atoms with Crippen molar-refractivity contribution in [3.8, 4) is 0 Å². The summed E-state index contributed by atoms with van der Waals surface area (Å²) in [4.78, 5) is 18.0. The van der Waals surface area contributed by atoms with Crippen LogP contribution in [-0.4, -0.2) is 54.6 Å². The van der Waals surface area contributed by atoms with E-state index in [1.165, 1.54) is 25.2 Å². The number of nitrogens with zero attached hydrogens (tertiary/aromatic N) is 2. The number of halogens is 3. The highest BCUT2D eigenvalue weighted by Crippen LogP contribution is 2.35. The lowest BCUT2D eigenvalue weighted by molar-refractivity contribution is -0.126. The highest BCUT2D eigenvalue weighted by Gasteiger charge is 2.40. The van der Waals surface area contributed by atoms with Crippen molar-refractivity contribution < 1.29 is 23.2 Å². The van der Waals surface area contributed by atoms with Crippen LogP contribution in [-0.2, 0) is 4.79 Å². The van der Waals surface area contributed by atoms with Crippen molar-refractivity contribution in [2.75, 3.05) is 26.2 Å². The third-order valence-electron chi connectivity index (χ3n) is 4.76. The van der Waals surface area contributed by atoms with Gasteiger partial charge in [0.25, 0.3) is 5.91 Å². The molecule has 8 heteroatoms. The van der Waals surface area contributed by atoms with Crippen LogP contribution in [0.5, 0.6) is 0 Å². The van der Waals surface area contributed by atoms with Gasteiger partial charge in [0.1, 0.15) is 0 Å². The minimum absolute atomic E-state index is 0.158. The van der Waals surface area contributed by atoms with Crippen molar-refractivity contribution in [3.05, 3.63) is 34.9 Å². The number of aliphatic imine (C=N–C) groups is 1. The minimum atomic E-state index is -4.71. The normalized spacial score (nSPS) is 27.9. The molecular formula is C19H26F3N3O2. The summed E-state index contributed by atoms with van der Waals surface area (Å²) < 4.78 is 40.9. The quantitative estimate of drug-likeness (QED) is 0.563. The van der Waals surface area contributed by atoms with Crippen LogP contribution in [0.1, 0.15) is 32.6 Å². The van der Waals surface area contributed by atoms with Crippen LogP contribution in [0.3, 0.4) is 0 Å². The lowest BCUT2D eigenvalue weighted by Gasteiger charge is -2.20. The van der Waals surface area contributed by atoms with Crippen LogP contribution in [0.2, 0.25) is 0 Å². The van der Waals surface area contributed by atoms with Gasteiger partial charge in [0.05, 0.1) is 17.7 Å². The van der Waals surface area contributed by atoms with Crippen LogP contribution in [0, 0.1) is 5.92 Å². The number of carbonyl (C=O) groups excluding carboxylic acids is 1. The first-order chi connectivity index (χ1) is 12.8. The van der Waals surface area contributed by atoms with E-state index in [-0.39, 0.29) is 6.54 Å². The van der Waals surface area contributed by atoms with Crippen molar-refractivity contribution in [1.29, 1.82) is 0 Å². The number of amides is 1. The molecule has 2 heterocycles. The predicted octanol–water partition coefficient (Wildman–Crippen LogP) is 3.43. The second kappa shape index (κ2) is 9.85. The zero-order valence-corrected chi connectivity index (χ0v) is 15.4. The number of likely N-dealkylation sites (tertiary alicyclic amines) is 1. The van der Waals surface area contributed by atoms with Crippen LogP contribution in [0.15, 0.2) is 39.9 Å². The maximum absolute atomic E-state index is 13.6. The van der Waals surface area contributed by atoms with E-state index >= 15 is 0 Å². The van der Waals surface area contributed by atoms with E-state index in [2.05, 4.69) is 9.89 Å². The molecule has 27 heavy (non-hydrogen) atoms. The van der Waals surface area contributed by atoms with Crippen LogP contribution in [0.25, 0.3) is 0 Å². The summed E-state index contributed by atoms with van der Waals surface area (Å²) in [6.07, 6.45) is 5.21. The van der Waals surface area contributed by atoms with Gasteiger partial charge in [0.15, 0.2) is 0 Å². The van der Waals surface area contributed by atoms with Crippen molar-refractivity contribution in [1.82, 2.24) is 10.4 Å². The molecule has 0 bridgehead atoms. The molecule has 0 aromatic heterocycles. The van der Waals surface area contributed by atoms with E-state index in [1.54, 1.807) is 12.2 Å². The molecular weight excluding hydrogens is 359 g/mol. The maximum atomic E-state index is 13.6. The fourth-order valence-electron chi connectivity index (χ4n) is 3.52. The van der Waals surface area contributed by atoms with Crippen molar-refractivity contribution >= 4 is 12.1 Å². The summed E-state index contributed by atoms with van der Waals surface area (Å²) in [5, 5.41) is 8.82. The third-order valence-corrected chi connectivity index (χ3v) is 4.76. The number of alkyl halides is 3. The first-order valence-electron chi connectivity index (χ1n) is 9.18.